The molecule has 0 N–H and O–H groups in total. The second kappa shape index (κ2) is 5.84. The van der Waals surface area contributed by atoms with Crippen molar-refractivity contribution in [3.8, 4) is 11.6 Å². The van der Waals surface area contributed by atoms with E-state index in [9.17, 15) is 35.1 Å². The summed E-state index contributed by atoms with van der Waals surface area (Å²) >= 11 is 0. The number of pyridine rings is 2. The van der Waals surface area contributed by atoms with E-state index in [1.165, 1.54) is 0 Å². The van der Waals surface area contributed by atoms with Gasteiger partial charge in [0.2, 0.25) is 6.39 Å². The third-order valence-corrected chi connectivity index (χ3v) is 3.98. The first-order chi connectivity index (χ1) is 13.4. The maximum Gasteiger partial charge on any atom is 0.458 e. The van der Waals surface area contributed by atoms with E-state index in [0.717, 1.165) is 29.2 Å². The predicted octanol–water partition coefficient (Wildman–Crippen LogP) is 4.61. The number of rotatable bonds is 2. The molecule has 0 atom stereocenters. The van der Waals surface area contributed by atoms with Crippen molar-refractivity contribution in [3.05, 3.63) is 42.0 Å². The molecule has 0 fully saturated rings. The zero-order valence-corrected chi connectivity index (χ0v) is 13.6. The van der Waals surface area contributed by atoms with E-state index >= 15 is 0 Å². The summed E-state index contributed by atoms with van der Waals surface area (Å²) in [5, 5.41) is 10.1. The van der Waals surface area contributed by atoms with Crippen LogP contribution in [0.25, 0.3) is 28.0 Å². The van der Waals surface area contributed by atoms with Gasteiger partial charge in [-0.3, -0.25) is 0 Å². The SMILES string of the molecule is FC(F)(F)c1cc(C(F)(F)C(F)(F)F)c2ccn3nc(-c4nnco4)cc3c2n1. The first-order valence-electron chi connectivity index (χ1n) is 7.51. The molecule has 0 aliphatic carbocycles. The second-order valence-electron chi connectivity index (χ2n) is 5.81. The standard InChI is InChI=1S/C15H5F8N5O/c16-13(17,15(21,22)23)7-3-10(14(18,19)20)25-11-6(7)1-2-28-9(11)4-8(27-28)12-26-24-5-29-12/h1-5H. The molecular formula is C15H5F8N5O. The minimum Gasteiger partial charge on any atom is -0.422 e. The molecule has 4 rings (SSSR count). The first kappa shape index (κ1) is 19.0. The summed E-state index contributed by atoms with van der Waals surface area (Å²) in [6, 6.07) is 1.55. The molecule has 152 valence electrons. The van der Waals surface area contributed by atoms with Gasteiger partial charge >= 0.3 is 18.3 Å². The van der Waals surface area contributed by atoms with E-state index in [0.29, 0.717) is 0 Å². The highest BCUT2D eigenvalue weighted by molar-refractivity contribution is 5.96. The van der Waals surface area contributed by atoms with Gasteiger partial charge in [-0.1, -0.05) is 0 Å². The number of halogens is 8. The Kier molecular flexibility index (Phi) is 3.83. The summed E-state index contributed by atoms with van der Waals surface area (Å²) in [7, 11) is 0. The monoisotopic (exact) mass is 423 g/mol. The van der Waals surface area contributed by atoms with E-state index in [4.69, 9.17) is 4.42 Å². The number of alkyl halides is 8. The first-order valence-corrected chi connectivity index (χ1v) is 7.51. The van der Waals surface area contributed by atoms with Crippen LogP contribution in [0.5, 0.6) is 0 Å². The number of hydrogen-bond acceptors (Lipinski definition) is 5. The predicted molar refractivity (Wildman–Crippen MR) is 78.7 cm³/mol. The Morgan fingerprint density at radius 2 is 1.69 bits per heavy atom. The van der Waals surface area contributed by atoms with Gasteiger partial charge in [0.1, 0.15) is 5.69 Å². The molecule has 6 nitrogen and oxygen atoms in total. The zero-order chi connectivity index (χ0) is 21.2. The Bertz CT molecular complexity index is 1210. The molecular weight excluding hydrogens is 418 g/mol. The van der Waals surface area contributed by atoms with Crippen molar-refractivity contribution in [2.45, 2.75) is 18.3 Å². The van der Waals surface area contributed by atoms with Crippen molar-refractivity contribution in [3.63, 3.8) is 0 Å². The molecule has 0 unspecified atom stereocenters. The molecule has 0 spiro atoms. The van der Waals surface area contributed by atoms with Gasteiger partial charge in [-0.05, 0) is 18.2 Å². The minimum absolute atomic E-state index is 0.0432. The van der Waals surface area contributed by atoms with E-state index in [1.807, 2.05) is 0 Å². The summed E-state index contributed by atoms with van der Waals surface area (Å²) in [5.41, 5.74) is -4.83. The van der Waals surface area contributed by atoms with Crippen molar-refractivity contribution >= 4 is 16.4 Å². The van der Waals surface area contributed by atoms with Crippen molar-refractivity contribution in [1.82, 2.24) is 24.8 Å². The summed E-state index contributed by atoms with van der Waals surface area (Å²) < 4.78 is 112. The molecule has 0 saturated heterocycles. The molecule has 4 aromatic heterocycles. The smallest absolute Gasteiger partial charge is 0.422 e. The van der Waals surface area contributed by atoms with Crippen LogP contribution in [-0.4, -0.2) is 31.0 Å². The normalized spacial score (nSPS) is 13.5. The Morgan fingerprint density at radius 3 is 2.28 bits per heavy atom. The van der Waals surface area contributed by atoms with Gasteiger partial charge in [0.15, 0.2) is 5.69 Å². The van der Waals surface area contributed by atoms with Gasteiger partial charge in [0.25, 0.3) is 5.89 Å². The van der Waals surface area contributed by atoms with Crippen LogP contribution in [-0.2, 0) is 12.1 Å². The lowest BCUT2D eigenvalue weighted by atomic mass is 10.0. The Balaban J connectivity index is 2.09. The molecule has 0 aromatic carbocycles. The van der Waals surface area contributed by atoms with E-state index in [2.05, 4.69) is 20.3 Å². The van der Waals surface area contributed by atoms with Crippen LogP contribution in [0.1, 0.15) is 11.3 Å². The highest BCUT2D eigenvalue weighted by Crippen LogP contribution is 2.47. The molecule has 0 saturated carbocycles. The number of nitrogens with zero attached hydrogens (tertiary/aromatic N) is 5. The summed E-state index contributed by atoms with van der Waals surface area (Å²) in [5.74, 6) is -5.70. The molecule has 14 heteroatoms. The Labute approximate surface area is 153 Å². The quantitative estimate of drug-likeness (QED) is 0.441. The maximum absolute atomic E-state index is 14.0. The lowest BCUT2D eigenvalue weighted by Crippen LogP contribution is -2.34. The summed E-state index contributed by atoms with van der Waals surface area (Å²) in [6.07, 6.45) is -9.44. The second-order valence-corrected chi connectivity index (χ2v) is 5.81. The number of fused-ring (bicyclic) bond motifs is 3. The molecule has 29 heavy (non-hydrogen) atoms. The van der Waals surface area contributed by atoms with Gasteiger partial charge in [0.05, 0.1) is 11.0 Å². The minimum atomic E-state index is -6.12. The van der Waals surface area contributed by atoms with E-state index < -0.39 is 40.4 Å². The van der Waals surface area contributed by atoms with Crippen LogP contribution in [0.15, 0.2) is 35.2 Å². The fourth-order valence-corrected chi connectivity index (χ4v) is 2.70. The fourth-order valence-electron chi connectivity index (χ4n) is 2.70. The van der Waals surface area contributed by atoms with Crippen LogP contribution in [0.3, 0.4) is 0 Å². The highest BCUT2D eigenvalue weighted by Gasteiger charge is 2.60. The molecule has 0 aliphatic heterocycles. The number of hydrogen-bond donors (Lipinski definition) is 0. The van der Waals surface area contributed by atoms with Gasteiger partial charge in [0, 0.05) is 17.1 Å². The molecule has 0 radical (unpaired) electrons. The van der Waals surface area contributed by atoms with Gasteiger partial charge < -0.3 is 4.42 Å². The van der Waals surface area contributed by atoms with Gasteiger partial charge in [-0.2, -0.15) is 40.2 Å². The summed E-state index contributed by atoms with van der Waals surface area (Å²) in [6.45, 7) is 0. The summed E-state index contributed by atoms with van der Waals surface area (Å²) in [4.78, 5) is 3.27. The lowest BCUT2D eigenvalue weighted by molar-refractivity contribution is -0.288. The highest BCUT2D eigenvalue weighted by atomic mass is 19.4. The maximum atomic E-state index is 14.0. The van der Waals surface area contributed by atoms with Gasteiger partial charge in [-0.25, -0.2) is 9.50 Å². The van der Waals surface area contributed by atoms with Crippen LogP contribution in [0.4, 0.5) is 35.1 Å². The van der Waals surface area contributed by atoms with Crippen molar-refractivity contribution in [2.75, 3.05) is 0 Å². The molecule has 4 aromatic rings. The molecule has 0 bridgehead atoms. The third kappa shape index (κ3) is 2.94. The van der Waals surface area contributed by atoms with Crippen molar-refractivity contribution in [1.29, 1.82) is 0 Å². The average molecular weight is 423 g/mol. The van der Waals surface area contributed by atoms with Gasteiger partial charge in [-0.15, -0.1) is 10.2 Å². The fraction of sp³-hybridized carbons (Fsp3) is 0.200. The number of aromatic nitrogens is 5. The largest absolute Gasteiger partial charge is 0.458 e. The Morgan fingerprint density at radius 1 is 0.966 bits per heavy atom. The van der Waals surface area contributed by atoms with Crippen molar-refractivity contribution < 1.29 is 39.5 Å². The van der Waals surface area contributed by atoms with E-state index in [1.54, 1.807) is 0 Å². The molecule has 0 amide bonds. The third-order valence-electron chi connectivity index (χ3n) is 3.98. The van der Waals surface area contributed by atoms with Crippen molar-refractivity contribution in [2.24, 2.45) is 0 Å². The lowest BCUT2D eigenvalue weighted by Gasteiger charge is -2.22. The Hall–Kier alpha value is -3.32. The van der Waals surface area contributed by atoms with E-state index in [-0.39, 0.29) is 23.2 Å². The zero-order valence-electron chi connectivity index (χ0n) is 13.6. The molecule has 4 heterocycles. The van der Waals surface area contributed by atoms with Crippen LogP contribution < -0.4 is 0 Å². The van der Waals surface area contributed by atoms with Crippen LogP contribution in [0, 0.1) is 0 Å². The average Bonchev–Trinajstić information content (AvgIpc) is 3.27. The van der Waals surface area contributed by atoms with Crippen LogP contribution >= 0.6 is 0 Å². The topological polar surface area (TPSA) is 69.1 Å². The molecule has 0 aliphatic rings. The van der Waals surface area contributed by atoms with Crippen LogP contribution in [0.2, 0.25) is 0 Å².